The summed E-state index contributed by atoms with van der Waals surface area (Å²) in [6, 6.07) is 20.6. The molecule has 2 fully saturated rings. The SMILES string of the molecule is O=C(NC1CC1)c1c(-c2nnc(C3(c4ccc(Cl)cc4)CC3)o2)nn(-c2ccc(Cl)cc2Cl)c1-c1ccc(Br)cc1. The maximum Gasteiger partial charge on any atom is 0.269 e. The average Bonchev–Trinajstić information content (AvgIpc) is 3.86. The van der Waals surface area contributed by atoms with E-state index in [-0.39, 0.29) is 28.9 Å². The van der Waals surface area contributed by atoms with Crippen molar-refractivity contribution >= 4 is 56.6 Å². The molecule has 0 aliphatic heterocycles. The average molecular weight is 670 g/mol. The van der Waals surface area contributed by atoms with Crippen LogP contribution in [0.3, 0.4) is 0 Å². The third-order valence-corrected chi connectivity index (χ3v) is 8.78. The summed E-state index contributed by atoms with van der Waals surface area (Å²) < 4.78 is 8.88. The van der Waals surface area contributed by atoms with E-state index in [2.05, 4.69) is 31.4 Å². The summed E-state index contributed by atoms with van der Waals surface area (Å²) in [7, 11) is 0. The summed E-state index contributed by atoms with van der Waals surface area (Å²) in [5.74, 6) is 0.367. The third-order valence-electron chi connectivity index (χ3n) is 7.46. The summed E-state index contributed by atoms with van der Waals surface area (Å²) in [6.45, 7) is 0. The molecule has 2 aromatic heterocycles. The molecule has 0 unspecified atom stereocenters. The molecule has 0 spiro atoms. The minimum absolute atomic E-state index is 0.119. The lowest BCUT2D eigenvalue weighted by Gasteiger charge is -2.12. The van der Waals surface area contributed by atoms with Crippen LogP contribution in [0, 0.1) is 0 Å². The zero-order valence-corrected chi connectivity index (χ0v) is 25.2. The van der Waals surface area contributed by atoms with Gasteiger partial charge in [0, 0.05) is 26.1 Å². The van der Waals surface area contributed by atoms with Gasteiger partial charge in [-0.3, -0.25) is 4.79 Å². The van der Waals surface area contributed by atoms with Crippen LogP contribution in [0.5, 0.6) is 0 Å². The zero-order valence-electron chi connectivity index (χ0n) is 21.4. The highest BCUT2D eigenvalue weighted by Crippen LogP contribution is 2.53. The van der Waals surface area contributed by atoms with Crippen molar-refractivity contribution in [3.05, 3.63) is 103 Å². The fraction of sp³-hybridized carbons (Fsp3) is 0.200. The van der Waals surface area contributed by atoms with Gasteiger partial charge in [0.2, 0.25) is 5.89 Å². The predicted octanol–water partition coefficient (Wildman–Crippen LogP) is 8.28. The first kappa shape index (κ1) is 26.7. The molecule has 0 bridgehead atoms. The highest BCUT2D eigenvalue weighted by molar-refractivity contribution is 9.10. The normalized spacial score (nSPS) is 15.6. The highest BCUT2D eigenvalue weighted by atomic mass is 79.9. The van der Waals surface area contributed by atoms with Crippen LogP contribution >= 0.6 is 50.7 Å². The van der Waals surface area contributed by atoms with Gasteiger partial charge in [-0.15, -0.1) is 10.2 Å². The molecule has 2 heterocycles. The molecule has 41 heavy (non-hydrogen) atoms. The second kappa shape index (κ2) is 10.3. The zero-order chi connectivity index (χ0) is 28.3. The molecule has 7 rings (SSSR count). The molecule has 11 heteroatoms. The first-order valence-corrected chi connectivity index (χ1v) is 15.0. The van der Waals surface area contributed by atoms with Crippen molar-refractivity contribution in [2.24, 2.45) is 0 Å². The molecule has 0 atom stereocenters. The van der Waals surface area contributed by atoms with Crippen LogP contribution in [0.1, 0.15) is 47.5 Å². The molecule has 0 radical (unpaired) electrons. The number of hydrogen-bond donors (Lipinski definition) is 1. The largest absolute Gasteiger partial charge is 0.418 e. The Morgan fingerprint density at radius 3 is 2.32 bits per heavy atom. The molecule has 0 saturated heterocycles. The lowest BCUT2D eigenvalue weighted by molar-refractivity contribution is 0.0952. The van der Waals surface area contributed by atoms with Crippen molar-refractivity contribution in [3.8, 4) is 28.5 Å². The van der Waals surface area contributed by atoms with Gasteiger partial charge in [0.25, 0.3) is 11.8 Å². The van der Waals surface area contributed by atoms with Gasteiger partial charge in [0.05, 0.1) is 27.4 Å². The number of carbonyl (C=O) groups excluding carboxylic acids is 1. The Bertz CT molecular complexity index is 1790. The minimum atomic E-state index is -0.386. The fourth-order valence-corrected chi connectivity index (χ4v) is 5.88. The van der Waals surface area contributed by atoms with Crippen molar-refractivity contribution in [3.63, 3.8) is 0 Å². The van der Waals surface area contributed by atoms with E-state index in [4.69, 9.17) is 44.3 Å². The van der Waals surface area contributed by atoms with E-state index in [1.54, 1.807) is 22.9 Å². The van der Waals surface area contributed by atoms with Crippen LogP contribution in [-0.4, -0.2) is 31.9 Å². The lowest BCUT2D eigenvalue weighted by Crippen LogP contribution is -2.26. The molecule has 5 aromatic rings. The number of aromatic nitrogens is 4. The first-order chi connectivity index (χ1) is 19.8. The number of halogens is 4. The molecule has 1 N–H and O–H groups in total. The lowest BCUT2D eigenvalue weighted by atomic mass is 9.96. The van der Waals surface area contributed by atoms with E-state index in [0.717, 1.165) is 41.3 Å². The second-order valence-corrected chi connectivity index (χ2v) is 12.5. The molecule has 1 amide bonds. The quantitative estimate of drug-likeness (QED) is 0.189. The van der Waals surface area contributed by atoms with Gasteiger partial charge in [-0.05, 0) is 73.7 Å². The van der Waals surface area contributed by atoms with Gasteiger partial charge < -0.3 is 9.73 Å². The van der Waals surface area contributed by atoms with E-state index in [1.807, 2.05) is 48.5 Å². The summed E-state index contributed by atoms with van der Waals surface area (Å²) in [5.41, 5.74) is 3.14. The van der Waals surface area contributed by atoms with Crippen LogP contribution < -0.4 is 5.32 Å². The smallest absolute Gasteiger partial charge is 0.269 e. The van der Waals surface area contributed by atoms with Crippen molar-refractivity contribution in [1.82, 2.24) is 25.3 Å². The third kappa shape index (κ3) is 4.97. The number of hydrogen-bond acceptors (Lipinski definition) is 5. The number of amides is 1. The van der Waals surface area contributed by atoms with Gasteiger partial charge >= 0.3 is 0 Å². The fourth-order valence-electron chi connectivity index (χ4n) is 5.00. The van der Waals surface area contributed by atoms with Gasteiger partial charge in [-0.2, -0.15) is 5.10 Å². The Labute approximate surface area is 259 Å². The Morgan fingerprint density at radius 1 is 0.951 bits per heavy atom. The molecule has 206 valence electrons. The maximum atomic E-state index is 13.9. The standard InChI is InChI=1S/C30H21BrCl3N5O2/c31-18-5-1-16(2-6-18)26-24(27(40)35-21-10-11-21)25(38-39(26)23-12-9-20(33)15-22(23)34)28-36-37-29(41-28)30(13-14-30)17-3-7-19(32)8-4-17/h1-9,12,15,21H,10-11,13-14H2,(H,35,40). The molecular formula is C30H21BrCl3N5O2. The van der Waals surface area contributed by atoms with Crippen molar-refractivity contribution in [2.75, 3.05) is 0 Å². The molecule has 2 aliphatic carbocycles. The number of carbonyl (C=O) groups is 1. The van der Waals surface area contributed by atoms with E-state index in [0.29, 0.717) is 37.9 Å². The van der Waals surface area contributed by atoms with E-state index in [9.17, 15) is 4.79 Å². The summed E-state index contributed by atoms with van der Waals surface area (Å²) in [5, 5.41) is 18.4. The van der Waals surface area contributed by atoms with E-state index < -0.39 is 0 Å². The van der Waals surface area contributed by atoms with E-state index >= 15 is 0 Å². The Balaban J connectivity index is 1.42. The Morgan fingerprint density at radius 2 is 1.66 bits per heavy atom. The van der Waals surface area contributed by atoms with Crippen molar-refractivity contribution < 1.29 is 9.21 Å². The van der Waals surface area contributed by atoms with Crippen molar-refractivity contribution in [1.29, 1.82) is 0 Å². The first-order valence-electron chi connectivity index (χ1n) is 13.1. The van der Waals surface area contributed by atoms with Crippen LogP contribution in [0.2, 0.25) is 15.1 Å². The molecule has 7 nitrogen and oxygen atoms in total. The molecule has 2 saturated carbocycles. The van der Waals surface area contributed by atoms with Crippen LogP contribution in [0.25, 0.3) is 28.5 Å². The van der Waals surface area contributed by atoms with Crippen LogP contribution in [0.15, 0.2) is 75.6 Å². The number of benzene rings is 3. The summed E-state index contributed by atoms with van der Waals surface area (Å²) in [4.78, 5) is 13.9. The Kier molecular flexibility index (Phi) is 6.70. The predicted molar refractivity (Wildman–Crippen MR) is 162 cm³/mol. The van der Waals surface area contributed by atoms with E-state index in [1.165, 1.54) is 0 Å². The molecule has 2 aliphatic rings. The monoisotopic (exact) mass is 667 g/mol. The van der Waals surface area contributed by atoms with Crippen LogP contribution in [-0.2, 0) is 5.41 Å². The topological polar surface area (TPSA) is 85.8 Å². The van der Waals surface area contributed by atoms with Crippen LogP contribution in [0.4, 0.5) is 0 Å². The Hall–Kier alpha value is -3.17. The van der Waals surface area contributed by atoms with Gasteiger partial charge in [0.1, 0.15) is 0 Å². The van der Waals surface area contributed by atoms with Crippen molar-refractivity contribution in [2.45, 2.75) is 37.1 Å². The van der Waals surface area contributed by atoms with Gasteiger partial charge in [-0.1, -0.05) is 75.0 Å². The number of nitrogens with zero attached hydrogens (tertiary/aromatic N) is 4. The number of nitrogens with one attached hydrogen (secondary N) is 1. The maximum absolute atomic E-state index is 13.9. The molecular weight excluding hydrogens is 649 g/mol. The summed E-state index contributed by atoms with van der Waals surface area (Å²) >= 11 is 22.5. The number of rotatable bonds is 7. The summed E-state index contributed by atoms with van der Waals surface area (Å²) in [6.07, 6.45) is 3.59. The second-order valence-electron chi connectivity index (χ2n) is 10.3. The highest BCUT2D eigenvalue weighted by Gasteiger charge is 2.51. The minimum Gasteiger partial charge on any atom is -0.418 e. The van der Waals surface area contributed by atoms with Gasteiger partial charge in [0.15, 0.2) is 5.69 Å². The molecule has 3 aromatic carbocycles. The van der Waals surface area contributed by atoms with Gasteiger partial charge in [-0.25, -0.2) is 4.68 Å².